The molecule has 0 heterocycles. The molecule has 0 unspecified atom stereocenters. The lowest BCUT2D eigenvalue weighted by Crippen LogP contribution is -2.50. The van der Waals surface area contributed by atoms with E-state index in [2.05, 4.69) is 0 Å². The van der Waals surface area contributed by atoms with E-state index in [0.717, 1.165) is 17.7 Å². The Kier molecular flexibility index (Phi) is 4.26. The Bertz CT molecular complexity index is 1130. The third-order valence-corrected chi connectivity index (χ3v) is 7.67. The van der Waals surface area contributed by atoms with Gasteiger partial charge in [-0.1, -0.05) is 25.5 Å². The first-order valence-electron chi connectivity index (χ1n) is 9.70. The zero-order valence-corrected chi connectivity index (χ0v) is 18.0. The van der Waals surface area contributed by atoms with Gasteiger partial charge in [0.05, 0.1) is 10.5 Å². The number of fused-ring (bicyclic) bond motifs is 1. The van der Waals surface area contributed by atoms with Crippen LogP contribution in [0.5, 0.6) is 0 Å². The molecule has 0 bridgehead atoms. The van der Waals surface area contributed by atoms with Gasteiger partial charge in [-0.05, 0) is 51.0 Å². The second kappa shape index (κ2) is 6.11. The van der Waals surface area contributed by atoms with Crippen molar-refractivity contribution in [2.75, 3.05) is 0 Å². The maximum absolute atomic E-state index is 13.1. The minimum atomic E-state index is -4.86. The Hall–Kier alpha value is -2.32. The molecule has 4 rings (SSSR count). The van der Waals surface area contributed by atoms with E-state index in [4.69, 9.17) is 4.74 Å². The van der Waals surface area contributed by atoms with E-state index >= 15 is 0 Å². The van der Waals surface area contributed by atoms with Gasteiger partial charge in [-0.25, -0.2) is 4.79 Å². The van der Waals surface area contributed by atoms with Crippen LogP contribution >= 0.6 is 0 Å². The smallest absolute Gasteiger partial charge is 0.338 e. The van der Waals surface area contributed by atoms with Gasteiger partial charge < -0.3 is 9.84 Å². The van der Waals surface area contributed by atoms with Crippen LogP contribution in [0, 0.1) is 10.8 Å². The Morgan fingerprint density at radius 2 is 1.73 bits per heavy atom. The number of Topliss-reactive ketones (excluding diaryl/α,β-unsaturated/α-hetero) is 1. The normalized spacial score (nSPS) is 28.9. The van der Waals surface area contributed by atoms with Crippen LogP contribution in [0.15, 0.2) is 52.0 Å². The van der Waals surface area contributed by atoms with Crippen LogP contribution in [0.2, 0.25) is 0 Å². The van der Waals surface area contributed by atoms with Gasteiger partial charge in [-0.15, -0.1) is 3.89 Å². The van der Waals surface area contributed by atoms with E-state index in [1.54, 1.807) is 13.0 Å². The molecule has 2 atom stereocenters. The van der Waals surface area contributed by atoms with Crippen LogP contribution in [0.4, 0.5) is 3.89 Å². The first kappa shape index (κ1) is 20.9. The van der Waals surface area contributed by atoms with E-state index in [1.165, 1.54) is 12.1 Å². The Balaban J connectivity index is 1.70. The van der Waals surface area contributed by atoms with Gasteiger partial charge >= 0.3 is 16.2 Å². The number of ether oxygens (including phenoxy) is 1. The molecule has 1 aromatic carbocycles. The van der Waals surface area contributed by atoms with Gasteiger partial charge in [-0.2, -0.15) is 8.42 Å². The molecule has 3 aliphatic rings. The predicted molar refractivity (Wildman–Crippen MR) is 106 cm³/mol. The highest BCUT2D eigenvalue weighted by atomic mass is 32.3. The molecule has 0 radical (unpaired) electrons. The van der Waals surface area contributed by atoms with Gasteiger partial charge in [0.1, 0.15) is 11.7 Å². The minimum absolute atomic E-state index is 0.0696. The highest BCUT2D eigenvalue weighted by Gasteiger charge is 2.66. The second-order valence-electron chi connectivity index (χ2n) is 9.15. The van der Waals surface area contributed by atoms with Gasteiger partial charge in [0.15, 0.2) is 5.78 Å². The number of rotatable bonds is 3. The molecule has 6 nitrogen and oxygen atoms in total. The molecule has 0 aromatic heterocycles. The summed E-state index contributed by atoms with van der Waals surface area (Å²) in [5.41, 5.74) is -0.841. The van der Waals surface area contributed by atoms with Crippen molar-refractivity contribution >= 4 is 22.0 Å². The van der Waals surface area contributed by atoms with Crippen molar-refractivity contribution in [1.29, 1.82) is 0 Å². The summed E-state index contributed by atoms with van der Waals surface area (Å²) in [4.78, 5) is 25.3. The first-order chi connectivity index (χ1) is 13.7. The predicted octanol–water partition coefficient (Wildman–Crippen LogP) is 3.27. The number of hydrogen-bond donors (Lipinski definition) is 1. The fourth-order valence-electron chi connectivity index (χ4n) is 4.85. The lowest BCUT2D eigenvalue weighted by molar-refractivity contribution is -0.138. The van der Waals surface area contributed by atoms with Crippen molar-refractivity contribution in [2.24, 2.45) is 10.8 Å². The molecule has 1 saturated carbocycles. The Labute approximate surface area is 174 Å². The highest BCUT2D eigenvalue weighted by Crippen LogP contribution is 2.65. The van der Waals surface area contributed by atoms with Crippen LogP contribution in [0.1, 0.15) is 50.9 Å². The Morgan fingerprint density at radius 3 is 2.23 bits per heavy atom. The monoisotopic (exact) mass is 434 g/mol. The summed E-state index contributed by atoms with van der Waals surface area (Å²) in [6.07, 6.45) is 2.39. The van der Waals surface area contributed by atoms with Crippen LogP contribution < -0.4 is 0 Å². The van der Waals surface area contributed by atoms with Gasteiger partial charge in [-0.3, -0.25) is 4.79 Å². The van der Waals surface area contributed by atoms with Gasteiger partial charge in [0, 0.05) is 22.0 Å². The van der Waals surface area contributed by atoms with Crippen LogP contribution in [-0.2, 0) is 19.8 Å². The molecule has 160 valence electrons. The summed E-state index contributed by atoms with van der Waals surface area (Å²) in [5.74, 6) is -1.06. The number of carbonyl (C=O) groups is 2. The third-order valence-electron chi connectivity index (χ3n) is 6.83. The number of carbonyl (C=O) groups excluding carboxylic acids is 2. The molecule has 1 aromatic rings. The van der Waals surface area contributed by atoms with Crippen LogP contribution in [-0.4, -0.2) is 37.0 Å². The largest absolute Gasteiger partial charge is 0.453 e. The summed E-state index contributed by atoms with van der Waals surface area (Å²) < 4.78 is 40.8. The fraction of sp³-hybridized carbons (Fsp3) is 0.455. The maximum Gasteiger partial charge on any atom is 0.338 e. The van der Waals surface area contributed by atoms with Crippen LogP contribution in [0.3, 0.4) is 0 Å². The lowest BCUT2D eigenvalue weighted by Gasteiger charge is -2.40. The average Bonchev–Trinajstić information content (AvgIpc) is 3.42. The molecule has 8 heteroatoms. The Morgan fingerprint density at radius 1 is 1.17 bits per heavy atom. The fourth-order valence-corrected chi connectivity index (χ4v) is 5.32. The van der Waals surface area contributed by atoms with Gasteiger partial charge in [0.25, 0.3) is 0 Å². The summed E-state index contributed by atoms with van der Waals surface area (Å²) in [6, 6.07) is 4.37. The molecule has 3 aliphatic carbocycles. The van der Waals surface area contributed by atoms with E-state index in [1.807, 2.05) is 20.8 Å². The summed E-state index contributed by atoms with van der Waals surface area (Å²) in [6.45, 7) is 7.12. The average molecular weight is 434 g/mol. The topological polar surface area (TPSA) is 97.7 Å². The van der Waals surface area contributed by atoms with Crippen molar-refractivity contribution in [2.45, 2.75) is 57.1 Å². The van der Waals surface area contributed by atoms with Crippen molar-refractivity contribution < 1.29 is 31.7 Å². The van der Waals surface area contributed by atoms with E-state index in [9.17, 15) is 27.0 Å². The maximum atomic E-state index is 13.1. The van der Waals surface area contributed by atoms with Gasteiger partial charge in [0.2, 0.25) is 0 Å². The number of benzene rings is 1. The summed E-state index contributed by atoms with van der Waals surface area (Å²) in [5, 5.41) is 10.9. The first-order valence-corrected chi connectivity index (χ1v) is 11.1. The number of hydrogen-bond acceptors (Lipinski definition) is 6. The second-order valence-corrected chi connectivity index (χ2v) is 10.5. The van der Waals surface area contributed by atoms with Crippen molar-refractivity contribution in [3.63, 3.8) is 0 Å². The molecule has 1 fully saturated rings. The number of esters is 1. The lowest BCUT2D eigenvalue weighted by atomic mass is 9.67. The van der Waals surface area contributed by atoms with E-state index in [0.29, 0.717) is 24.0 Å². The molecule has 1 spiro atoms. The summed E-state index contributed by atoms with van der Waals surface area (Å²) >= 11 is 0. The van der Waals surface area contributed by atoms with Crippen LogP contribution in [0.25, 0.3) is 0 Å². The summed E-state index contributed by atoms with van der Waals surface area (Å²) in [7, 11) is -4.86. The zero-order chi connectivity index (χ0) is 22.3. The van der Waals surface area contributed by atoms with E-state index < -0.39 is 43.6 Å². The quantitative estimate of drug-likeness (QED) is 0.579. The molecular formula is C22H23FO6S. The number of halogens is 1. The number of ketones is 1. The van der Waals surface area contributed by atoms with Crippen molar-refractivity contribution in [1.82, 2.24) is 0 Å². The minimum Gasteiger partial charge on any atom is -0.453 e. The zero-order valence-electron chi connectivity index (χ0n) is 17.2. The highest BCUT2D eigenvalue weighted by molar-refractivity contribution is 7.86. The molecule has 30 heavy (non-hydrogen) atoms. The third kappa shape index (κ3) is 2.80. The SMILES string of the molecule is CC1=C2C(=CC(C)(C)[C@@H]2OC(=O)c2ccc(S(=O)(=O)F)cc2)C(=O)[C@](C)(O)C12CC2. The standard InChI is InChI=1S/C22H23FO6S/c1-12-16-15(17(24)21(4,26)22(12)9-10-22)11-20(2,3)18(16)29-19(25)13-5-7-14(8-6-13)30(23,27)28/h5-8,11,18,26H,9-10H2,1-4H3/t18-,21+/m1/s1. The number of aliphatic hydroxyl groups is 1. The van der Waals surface area contributed by atoms with Crippen molar-refractivity contribution in [3.05, 3.63) is 52.6 Å². The molecule has 1 N–H and O–H groups in total. The van der Waals surface area contributed by atoms with Crippen molar-refractivity contribution in [3.8, 4) is 0 Å². The van der Waals surface area contributed by atoms with E-state index in [-0.39, 0.29) is 11.3 Å². The molecule has 0 aliphatic heterocycles. The molecule has 0 saturated heterocycles. The molecular weight excluding hydrogens is 411 g/mol. The molecule has 0 amide bonds.